The standard InChI is InChI=1S/C28H27Cl3N4O6S/c1-28(9-3-10-35(28)42(40,41)21-14-18(29)13-19(30)15-21)27(39)33-24(26(37)38)12-17-4-6-20(7-5-17)32-25(36)22-8-11-34(2)16-23(22)31/h4-8,11,13-16,24H,3,9-10,12H2,1-2H3,(H2-,32,33,36,37,38,39)/p+1/t24-,28-/m0/s1. The van der Waals surface area contributed by atoms with Crippen molar-refractivity contribution in [2.75, 3.05) is 11.9 Å². The van der Waals surface area contributed by atoms with Gasteiger partial charge >= 0.3 is 5.97 Å². The van der Waals surface area contributed by atoms with Crippen molar-refractivity contribution in [3.63, 3.8) is 0 Å². The summed E-state index contributed by atoms with van der Waals surface area (Å²) in [6.07, 6.45) is 3.81. The molecule has 10 nitrogen and oxygen atoms in total. The molecule has 0 bridgehead atoms. The Morgan fingerprint density at radius 2 is 1.71 bits per heavy atom. The second-order valence-corrected chi connectivity index (χ2v) is 13.3. The summed E-state index contributed by atoms with van der Waals surface area (Å²) < 4.78 is 29.7. The maximum Gasteiger partial charge on any atom is 0.326 e. The van der Waals surface area contributed by atoms with Gasteiger partial charge in [0.25, 0.3) is 5.91 Å². The topological polar surface area (TPSA) is 137 Å². The summed E-state index contributed by atoms with van der Waals surface area (Å²) in [6, 6.07) is 10.6. The average Bonchev–Trinajstić information content (AvgIpc) is 3.32. The van der Waals surface area contributed by atoms with Gasteiger partial charge in [-0.05, 0) is 55.7 Å². The van der Waals surface area contributed by atoms with Crippen LogP contribution in [0.3, 0.4) is 0 Å². The summed E-state index contributed by atoms with van der Waals surface area (Å²) in [6.45, 7) is 1.53. The number of hydrogen-bond acceptors (Lipinski definition) is 5. The molecular weight excluding hydrogens is 627 g/mol. The van der Waals surface area contributed by atoms with Crippen molar-refractivity contribution in [1.82, 2.24) is 9.62 Å². The molecule has 0 aliphatic carbocycles. The molecule has 0 saturated carbocycles. The molecule has 1 saturated heterocycles. The predicted octanol–water partition coefficient (Wildman–Crippen LogP) is 4.08. The Kier molecular flexibility index (Phi) is 9.49. The number of anilines is 1. The Balaban J connectivity index is 1.47. The summed E-state index contributed by atoms with van der Waals surface area (Å²) in [5.41, 5.74) is -0.211. The smallest absolute Gasteiger partial charge is 0.326 e. The van der Waals surface area contributed by atoms with E-state index in [4.69, 9.17) is 34.8 Å². The van der Waals surface area contributed by atoms with E-state index >= 15 is 0 Å². The van der Waals surface area contributed by atoms with Crippen LogP contribution in [0.4, 0.5) is 5.69 Å². The SMILES string of the molecule is C[n+]1ccc(C(=O)Nc2ccc(C[C@H](NC(=O)[C@]3(C)CCCN3S(=O)(=O)c3cc(Cl)cc(Cl)c3)C(=O)O)cc2)c(Cl)c1. The molecule has 1 fully saturated rings. The van der Waals surface area contributed by atoms with Crippen LogP contribution in [-0.2, 0) is 33.1 Å². The summed E-state index contributed by atoms with van der Waals surface area (Å²) in [7, 11) is -2.40. The number of aliphatic carboxylic acids is 1. The lowest BCUT2D eigenvalue weighted by Gasteiger charge is -2.34. The monoisotopic (exact) mass is 653 g/mol. The van der Waals surface area contributed by atoms with Crippen molar-refractivity contribution in [3.05, 3.63) is 87.1 Å². The fraction of sp³-hybridized carbons (Fsp3) is 0.286. The third-order valence-corrected chi connectivity index (χ3v) is 9.77. The third kappa shape index (κ3) is 6.87. The number of nitrogens with one attached hydrogen (secondary N) is 2. The number of carboxylic acid groups (broad SMARTS) is 1. The van der Waals surface area contributed by atoms with Gasteiger partial charge in [0.1, 0.15) is 23.7 Å². The largest absolute Gasteiger partial charge is 0.480 e. The molecule has 0 radical (unpaired) electrons. The lowest BCUT2D eigenvalue weighted by molar-refractivity contribution is -0.671. The van der Waals surface area contributed by atoms with Gasteiger partial charge < -0.3 is 15.7 Å². The second kappa shape index (κ2) is 12.6. The number of rotatable bonds is 9. The normalized spacial score (nSPS) is 17.9. The van der Waals surface area contributed by atoms with Gasteiger partial charge in [-0.3, -0.25) is 9.59 Å². The number of carbonyl (C=O) groups excluding carboxylic acids is 2. The van der Waals surface area contributed by atoms with Crippen molar-refractivity contribution < 1.29 is 32.5 Å². The van der Waals surface area contributed by atoms with E-state index in [0.29, 0.717) is 23.2 Å². The van der Waals surface area contributed by atoms with E-state index in [1.165, 1.54) is 25.1 Å². The number of hydrogen-bond donors (Lipinski definition) is 3. The molecule has 2 aromatic carbocycles. The molecule has 0 spiro atoms. The number of halogens is 3. The Labute approximate surface area is 258 Å². The number of aryl methyl sites for hydroxylation is 1. The van der Waals surface area contributed by atoms with Crippen LogP contribution < -0.4 is 15.2 Å². The molecule has 2 atom stereocenters. The van der Waals surface area contributed by atoms with E-state index in [2.05, 4.69) is 10.6 Å². The fourth-order valence-electron chi connectivity index (χ4n) is 4.77. The van der Waals surface area contributed by atoms with Crippen molar-refractivity contribution in [2.45, 2.75) is 42.7 Å². The number of carbonyl (C=O) groups is 3. The van der Waals surface area contributed by atoms with Crippen molar-refractivity contribution >= 4 is 68.3 Å². The first kappa shape index (κ1) is 31.7. The summed E-state index contributed by atoms with van der Waals surface area (Å²) >= 11 is 18.2. The highest BCUT2D eigenvalue weighted by molar-refractivity contribution is 7.89. The molecule has 222 valence electrons. The van der Waals surface area contributed by atoms with Crippen LogP contribution in [0.1, 0.15) is 35.7 Å². The van der Waals surface area contributed by atoms with Crippen LogP contribution in [0.15, 0.2) is 65.8 Å². The van der Waals surface area contributed by atoms with Crippen LogP contribution in [0.2, 0.25) is 15.1 Å². The first-order chi connectivity index (χ1) is 19.7. The van der Waals surface area contributed by atoms with Crippen LogP contribution in [0.25, 0.3) is 0 Å². The minimum atomic E-state index is -4.18. The van der Waals surface area contributed by atoms with Crippen LogP contribution in [-0.4, -0.2) is 53.7 Å². The minimum absolute atomic E-state index is 0.0634. The Morgan fingerprint density at radius 1 is 1.07 bits per heavy atom. The Morgan fingerprint density at radius 3 is 2.31 bits per heavy atom. The molecule has 3 aromatic rings. The van der Waals surface area contributed by atoms with Crippen LogP contribution in [0.5, 0.6) is 0 Å². The molecule has 1 aliphatic rings. The number of pyridine rings is 1. The van der Waals surface area contributed by atoms with Gasteiger partial charge in [-0.2, -0.15) is 4.31 Å². The van der Waals surface area contributed by atoms with Gasteiger partial charge in [0.15, 0.2) is 12.4 Å². The number of nitrogens with zero attached hydrogens (tertiary/aromatic N) is 2. The van der Waals surface area contributed by atoms with Crippen molar-refractivity contribution in [1.29, 1.82) is 0 Å². The molecular formula is C28H28Cl3N4O6S+. The highest BCUT2D eigenvalue weighted by Gasteiger charge is 2.50. The average molecular weight is 655 g/mol. The Bertz CT molecular complexity index is 1630. The van der Waals surface area contributed by atoms with Gasteiger partial charge in [0.05, 0.1) is 10.5 Å². The van der Waals surface area contributed by atoms with E-state index < -0.39 is 39.4 Å². The van der Waals surface area contributed by atoms with Crippen molar-refractivity contribution in [2.24, 2.45) is 7.05 Å². The molecule has 1 aromatic heterocycles. The molecule has 2 heterocycles. The zero-order valence-corrected chi connectivity index (χ0v) is 25.7. The number of carboxylic acids is 1. The molecule has 3 N–H and O–H groups in total. The third-order valence-electron chi connectivity index (χ3n) is 7.04. The van der Waals surface area contributed by atoms with Gasteiger partial charge in [-0.15, -0.1) is 0 Å². The number of benzene rings is 2. The number of amides is 2. The molecule has 42 heavy (non-hydrogen) atoms. The van der Waals surface area contributed by atoms with Gasteiger partial charge in [0, 0.05) is 34.8 Å². The molecule has 4 rings (SSSR count). The van der Waals surface area contributed by atoms with E-state index in [9.17, 15) is 27.9 Å². The molecule has 14 heteroatoms. The summed E-state index contributed by atoms with van der Waals surface area (Å²) in [5, 5.41) is 15.7. The fourth-order valence-corrected chi connectivity index (χ4v) is 7.61. The van der Waals surface area contributed by atoms with E-state index in [0.717, 1.165) is 4.31 Å². The lowest BCUT2D eigenvalue weighted by atomic mass is 9.97. The number of sulfonamides is 1. The molecule has 2 amide bonds. The maximum absolute atomic E-state index is 13.5. The van der Waals surface area contributed by atoms with E-state index in [1.54, 1.807) is 54.3 Å². The van der Waals surface area contributed by atoms with E-state index in [-0.39, 0.29) is 39.3 Å². The zero-order valence-electron chi connectivity index (χ0n) is 22.6. The Hall–Kier alpha value is -3.22. The van der Waals surface area contributed by atoms with Crippen LogP contribution in [0, 0.1) is 0 Å². The zero-order chi connectivity index (χ0) is 30.8. The van der Waals surface area contributed by atoms with Crippen LogP contribution >= 0.6 is 34.8 Å². The van der Waals surface area contributed by atoms with Gasteiger partial charge in [-0.1, -0.05) is 46.9 Å². The van der Waals surface area contributed by atoms with Gasteiger partial charge in [-0.25, -0.2) is 17.8 Å². The highest BCUT2D eigenvalue weighted by Crippen LogP contribution is 2.36. The number of aromatic nitrogens is 1. The molecule has 0 unspecified atom stereocenters. The maximum atomic E-state index is 13.5. The first-order valence-corrected chi connectivity index (χ1v) is 15.4. The predicted molar refractivity (Wildman–Crippen MR) is 158 cm³/mol. The summed E-state index contributed by atoms with van der Waals surface area (Å²) in [4.78, 5) is 38.0. The summed E-state index contributed by atoms with van der Waals surface area (Å²) in [5.74, 6) is -2.43. The van der Waals surface area contributed by atoms with E-state index in [1.807, 2.05) is 0 Å². The lowest BCUT2D eigenvalue weighted by Crippen LogP contribution is -2.58. The second-order valence-electron chi connectivity index (χ2n) is 10.2. The minimum Gasteiger partial charge on any atom is -0.480 e. The van der Waals surface area contributed by atoms with Gasteiger partial charge in [0.2, 0.25) is 15.9 Å². The van der Waals surface area contributed by atoms with Crippen molar-refractivity contribution in [3.8, 4) is 0 Å². The first-order valence-electron chi connectivity index (χ1n) is 12.8. The quantitative estimate of drug-likeness (QED) is 0.298. The molecule has 1 aliphatic heterocycles. The highest BCUT2D eigenvalue weighted by atomic mass is 35.5.